The Bertz CT molecular complexity index is 834. The quantitative estimate of drug-likeness (QED) is 0.741. The summed E-state index contributed by atoms with van der Waals surface area (Å²) in [5.74, 6) is -0.232. The Morgan fingerprint density at radius 1 is 1.38 bits per heavy atom. The molecule has 3 aromatic rings. The predicted octanol–water partition coefficient (Wildman–Crippen LogP) is 2.60. The number of thiophene rings is 1. The minimum Gasteiger partial charge on any atom is -0.419 e. The zero-order valence-electron chi connectivity index (χ0n) is 12.8. The van der Waals surface area contributed by atoms with Crippen LogP contribution >= 0.6 is 11.3 Å². The Hall–Kier alpha value is -2.58. The van der Waals surface area contributed by atoms with Crippen molar-refractivity contribution < 1.29 is 13.6 Å². The van der Waals surface area contributed by atoms with Gasteiger partial charge in [-0.25, -0.2) is 4.39 Å². The second kappa shape index (κ2) is 6.90. The summed E-state index contributed by atoms with van der Waals surface area (Å²) in [5.41, 5.74) is 5.96. The topological polar surface area (TPSA) is 85.2 Å². The molecule has 0 aliphatic heterocycles. The van der Waals surface area contributed by atoms with Crippen molar-refractivity contribution in [2.24, 2.45) is 5.73 Å². The standard InChI is InChI=1S/C16H15FN4O2S/c1-21(14(15(18)22)10-4-2-5-11(17)8-10)9-13-19-20-16(23-13)12-6-3-7-24-12/h2-8,14H,9H2,1H3,(H2,18,22)/t14-/m0/s1. The van der Waals surface area contributed by atoms with Crippen LogP contribution in [0.25, 0.3) is 10.8 Å². The summed E-state index contributed by atoms with van der Waals surface area (Å²) in [6.07, 6.45) is 0. The number of amides is 1. The number of carbonyl (C=O) groups excluding carboxylic acids is 1. The molecule has 3 rings (SSSR count). The number of hydrogen-bond donors (Lipinski definition) is 1. The Balaban J connectivity index is 1.79. The maximum atomic E-state index is 13.4. The first-order valence-corrected chi connectivity index (χ1v) is 8.04. The van der Waals surface area contributed by atoms with Crippen LogP contribution in [0.15, 0.2) is 46.2 Å². The van der Waals surface area contributed by atoms with Gasteiger partial charge in [-0.2, -0.15) is 0 Å². The van der Waals surface area contributed by atoms with Crippen LogP contribution in [-0.2, 0) is 11.3 Å². The van der Waals surface area contributed by atoms with Crippen molar-refractivity contribution in [3.8, 4) is 10.8 Å². The summed E-state index contributed by atoms with van der Waals surface area (Å²) in [4.78, 5) is 14.3. The fourth-order valence-electron chi connectivity index (χ4n) is 2.43. The number of likely N-dealkylation sites (N-methyl/N-ethyl adjacent to an activating group) is 1. The van der Waals surface area contributed by atoms with Crippen molar-refractivity contribution in [2.45, 2.75) is 12.6 Å². The van der Waals surface area contributed by atoms with Crippen LogP contribution in [0.5, 0.6) is 0 Å². The van der Waals surface area contributed by atoms with Crippen molar-refractivity contribution in [1.82, 2.24) is 15.1 Å². The summed E-state index contributed by atoms with van der Waals surface area (Å²) in [7, 11) is 1.69. The number of nitrogens with zero attached hydrogens (tertiary/aromatic N) is 3. The van der Waals surface area contributed by atoms with E-state index in [4.69, 9.17) is 10.2 Å². The van der Waals surface area contributed by atoms with Crippen LogP contribution in [0.4, 0.5) is 4.39 Å². The number of nitrogens with two attached hydrogens (primary N) is 1. The van der Waals surface area contributed by atoms with Crippen molar-refractivity contribution in [1.29, 1.82) is 0 Å². The highest BCUT2D eigenvalue weighted by Crippen LogP contribution is 2.25. The molecule has 2 aromatic heterocycles. The average Bonchev–Trinajstić information content (AvgIpc) is 3.17. The van der Waals surface area contributed by atoms with Crippen LogP contribution < -0.4 is 5.73 Å². The molecule has 0 aliphatic rings. The van der Waals surface area contributed by atoms with Gasteiger partial charge in [-0.3, -0.25) is 9.69 Å². The van der Waals surface area contributed by atoms with E-state index in [-0.39, 0.29) is 6.54 Å². The minimum absolute atomic E-state index is 0.211. The number of carbonyl (C=O) groups is 1. The van der Waals surface area contributed by atoms with E-state index < -0.39 is 17.8 Å². The molecule has 8 heteroatoms. The van der Waals surface area contributed by atoms with Crippen LogP contribution in [-0.4, -0.2) is 28.1 Å². The first-order chi connectivity index (χ1) is 11.5. The molecule has 0 aliphatic carbocycles. The van der Waals surface area contributed by atoms with Crippen LogP contribution in [0.1, 0.15) is 17.5 Å². The average molecular weight is 346 g/mol. The van der Waals surface area contributed by atoms with Crippen LogP contribution in [0.3, 0.4) is 0 Å². The van der Waals surface area contributed by atoms with Gasteiger partial charge in [-0.05, 0) is 36.2 Å². The molecule has 0 radical (unpaired) electrons. The maximum absolute atomic E-state index is 13.4. The molecule has 0 saturated heterocycles. The van der Waals surface area contributed by atoms with Crippen molar-refractivity contribution in [2.75, 3.05) is 7.05 Å². The lowest BCUT2D eigenvalue weighted by atomic mass is 10.1. The van der Waals surface area contributed by atoms with Crippen molar-refractivity contribution >= 4 is 17.2 Å². The molecule has 2 N–H and O–H groups in total. The van der Waals surface area contributed by atoms with Gasteiger partial charge in [0.05, 0.1) is 11.4 Å². The molecule has 0 bridgehead atoms. The van der Waals surface area contributed by atoms with E-state index in [0.717, 1.165) is 4.88 Å². The second-order valence-corrected chi connectivity index (χ2v) is 6.20. The zero-order valence-corrected chi connectivity index (χ0v) is 13.7. The van der Waals surface area contributed by atoms with Crippen molar-refractivity contribution in [3.05, 3.63) is 59.0 Å². The molecule has 124 valence electrons. The fraction of sp³-hybridized carbons (Fsp3) is 0.188. The van der Waals surface area contributed by atoms with Crippen LogP contribution in [0, 0.1) is 5.82 Å². The van der Waals surface area contributed by atoms with E-state index in [0.29, 0.717) is 17.3 Å². The molecule has 1 atom stereocenters. The largest absolute Gasteiger partial charge is 0.419 e. The second-order valence-electron chi connectivity index (χ2n) is 5.25. The molecule has 0 unspecified atom stereocenters. The molecule has 0 saturated carbocycles. The lowest BCUT2D eigenvalue weighted by molar-refractivity contribution is -0.123. The van der Waals surface area contributed by atoms with E-state index in [1.54, 1.807) is 18.0 Å². The van der Waals surface area contributed by atoms with Gasteiger partial charge in [0.2, 0.25) is 11.8 Å². The molecule has 0 spiro atoms. The predicted molar refractivity (Wildman–Crippen MR) is 87.4 cm³/mol. The molecule has 6 nitrogen and oxygen atoms in total. The molecule has 0 fully saturated rings. The van der Waals surface area contributed by atoms with E-state index in [2.05, 4.69) is 10.2 Å². The molecule has 1 aromatic carbocycles. The van der Waals surface area contributed by atoms with Gasteiger partial charge in [-0.1, -0.05) is 18.2 Å². The summed E-state index contributed by atoms with van der Waals surface area (Å²) < 4.78 is 19.0. The van der Waals surface area contributed by atoms with Gasteiger partial charge in [0, 0.05) is 0 Å². The Morgan fingerprint density at radius 2 is 2.21 bits per heavy atom. The Kier molecular flexibility index (Phi) is 4.68. The number of primary amides is 1. The first-order valence-electron chi connectivity index (χ1n) is 7.16. The Morgan fingerprint density at radius 3 is 2.88 bits per heavy atom. The third-order valence-electron chi connectivity index (χ3n) is 3.46. The maximum Gasteiger partial charge on any atom is 0.257 e. The SMILES string of the molecule is CN(Cc1nnc(-c2cccs2)o1)[C@H](C(N)=O)c1cccc(F)c1. The van der Waals surface area contributed by atoms with E-state index in [1.165, 1.54) is 29.5 Å². The van der Waals surface area contributed by atoms with E-state index >= 15 is 0 Å². The lowest BCUT2D eigenvalue weighted by Crippen LogP contribution is -2.35. The molecular formula is C16H15FN4O2S. The zero-order chi connectivity index (χ0) is 17.1. The third-order valence-corrected chi connectivity index (χ3v) is 4.32. The van der Waals surface area contributed by atoms with Gasteiger partial charge >= 0.3 is 0 Å². The molecule has 1 amide bonds. The molecule has 24 heavy (non-hydrogen) atoms. The minimum atomic E-state index is -0.794. The monoisotopic (exact) mass is 346 g/mol. The highest BCUT2D eigenvalue weighted by atomic mass is 32.1. The number of halogens is 1. The fourth-order valence-corrected chi connectivity index (χ4v) is 3.08. The van der Waals surface area contributed by atoms with Crippen molar-refractivity contribution in [3.63, 3.8) is 0 Å². The Labute approximate surface area is 141 Å². The number of benzene rings is 1. The smallest absolute Gasteiger partial charge is 0.257 e. The highest BCUT2D eigenvalue weighted by molar-refractivity contribution is 7.13. The summed E-state index contributed by atoms with van der Waals surface area (Å²) in [6, 6.07) is 8.77. The van der Waals surface area contributed by atoms with Crippen LogP contribution in [0.2, 0.25) is 0 Å². The summed E-state index contributed by atoms with van der Waals surface area (Å²) in [5, 5.41) is 9.90. The number of aromatic nitrogens is 2. The summed E-state index contributed by atoms with van der Waals surface area (Å²) >= 11 is 1.49. The number of rotatable bonds is 6. The summed E-state index contributed by atoms with van der Waals surface area (Å²) in [6.45, 7) is 0.211. The van der Waals surface area contributed by atoms with Gasteiger partial charge in [0.25, 0.3) is 5.89 Å². The van der Waals surface area contributed by atoms with E-state index in [1.807, 2.05) is 17.5 Å². The third kappa shape index (κ3) is 3.50. The van der Waals surface area contributed by atoms with E-state index in [9.17, 15) is 9.18 Å². The lowest BCUT2D eigenvalue weighted by Gasteiger charge is -2.24. The molecule has 2 heterocycles. The molecular weight excluding hydrogens is 331 g/mol. The van der Waals surface area contributed by atoms with Gasteiger partial charge < -0.3 is 10.2 Å². The first kappa shape index (κ1) is 16.3. The van der Waals surface area contributed by atoms with Gasteiger partial charge in [-0.15, -0.1) is 21.5 Å². The van der Waals surface area contributed by atoms with Gasteiger partial charge in [0.15, 0.2) is 0 Å². The normalized spacial score (nSPS) is 12.5. The highest BCUT2D eigenvalue weighted by Gasteiger charge is 2.25. The number of hydrogen-bond acceptors (Lipinski definition) is 6. The van der Waals surface area contributed by atoms with Gasteiger partial charge in [0.1, 0.15) is 11.9 Å².